The number of nitrogens with zero attached hydrogens (tertiary/aromatic N) is 1. The zero-order valence-corrected chi connectivity index (χ0v) is 17.4. The molecule has 156 valence electrons. The molecule has 4 amide bonds. The van der Waals surface area contributed by atoms with E-state index in [-0.39, 0.29) is 17.7 Å². The van der Waals surface area contributed by atoms with Gasteiger partial charge in [-0.2, -0.15) is 0 Å². The Morgan fingerprint density at radius 3 is 2.60 bits per heavy atom. The largest absolute Gasteiger partial charge is 0.367 e. The molecule has 1 aliphatic carbocycles. The summed E-state index contributed by atoms with van der Waals surface area (Å²) in [6.45, 7) is 1.94. The van der Waals surface area contributed by atoms with Crippen molar-refractivity contribution in [3.63, 3.8) is 0 Å². The maximum Gasteiger partial charge on any atom is 0.322 e. The number of rotatable bonds is 3. The molecular weight excluding hydrogens is 400 g/mol. The normalized spacial score (nSPS) is 25.6. The predicted octanol–water partition coefficient (Wildman–Crippen LogP) is 3.02. The van der Waals surface area contributed by atoms with E-state index in [9.17, 15) is 14.4 Å². The van der Waals surface area contributed by atoms with Crippen LogP contribution in [0.5, 0.6) is 0 Å². The van der Waals surface area contributed by atoms with Crippen LogP contribution in [0, 0.1) is 5.92 Å². The number of nitrogens with one attached hydrogen (secondary N) is 3. The first kappa shape index (κ1) is 19.1. The number of hydrogen-bond donors (Lipinski definition) is 3. The van der Waals surface area contributed by atoms with E-state index in [1.165, 1.54) is 10.4 Å². The summed E-state index contributed by atoms with van der Waals surface area (Å²) >= 11 is 1.83. The molecule has 0 unspecified atom stereocenters. The monoisotopic (exact) mass is 424 g/mol. The van der Waals surface area contributed by atoms with Gasteiger partial charge in [0.2, 0.25) is 5.91 Å². The van der Waals surface area contributed by atoms with E-state index in [0.717, 1.165) is 30.9 Å². The van der Waals surface area contributed by atoms with Crippen molar-refractivity contribution in [2.24, 2.45) is 5.92 Å². The molecule has 3 aliphatic rings. The second-order valence-electron chi connectivity index (χ2n) is 8.34. The van der Waals surface area contributed by atoms with E-state index in [1.54, 1.807) is 0 Å². The van der Waals surface area contributed by atoms with Crippen molar-refractivity contribution in [2.45, 2.75) is 44.2 Å². The Kier molecular flexibility index (Phi) is 4.73. The van der Waals surface area contributed by atoms with Gasteiger partial charge in [-0.25, -0.2) is 4.79 Å². The summed E-state index contributed by atoms with van der Waals surface area (Å²) in [4.78, 5) is 40.0. The molecule has 1 aromatic carbocycles. The molecule has 3 N–H and O–H groups in total. The van der Waals surface area contributed by atoms with Gasteiger partial charge in [0.15, 0.2) is 0 Å². The number of carbonyl (C=O) groups excluding carboxylic acids is 3. The van der Waals surface area contributed by atoms with Crippen LogP contribution < -0.4 is 20.9 Å². The molecule has 1 saturated carbocycles. The number of imide groups is 1. The fourth-order valence-electron chi connectivity index (χ4n) is 4.72. The average Bonchev–Trinajstić information content (AvgIpc) is 3.32. The van der Waals surface area contributed by atoms with Crippen LogP contribution in [0.4, 0.5) is 16.2 Å². The first-order valence-corrected chi connectivity index (χ1v) is 11.3. The van der Waals surface area contributed by atoms with Gasteiger partial charge in [-0.15, -0.1) is 11.3 Å². The van der Waals surface area contributed by atoms with E-state index in [4.69, 9.17) is 0 Å². The van der Waals surface area contributed by atoms with Crippen LogP contribution in [-0.4, -0.2) is 29.9 Å². The van der Waals surface area contributed by atoms with Crippen LogP contribution in [0.2, 0.25) is 0 Å². The number of carbonyl (C=O) groups is 3. The summed E-state index contributed by atoms with van der Waals surface area (Å²) in [7, 11) is 0. The lowest BCUT2D eigenvalue weighted by atomic mass is 9.76. The van der Waals surface area contributed by atoms with Crippen molar-refractivity contribution in [3.8, 4) is 0 Å². The van der Waals surface area contributed by atoms with Gasteiger partial charge in [-0.1, -0.05) is 0 Å². The van der Waals surface area contributed by atoms with Crippen molar-refractivity contribution in [2.75, 3.05) is 16.8 Å². The van der Waals surface area contributed by atoms with Gasteiger partial charge in [0.1, 0.15) is 5.54 Å². The van der Waals surface area contributed by atoms with E-state index < -0.39 is 11.6 Å². The number of fused-ring (bicyclic) bond motifs is 1. The van der Waals surface area contributed by atoms with Crippen molar-refractivity contribution in [3.05, 3.63) is 46.2 Å². The number of hydrogen-bond acceptors (Lipinski definition) is 5. The summed E-state index contributed by atoms with van der Waals surface area (Å²) in [5.41, 5.74) is 2.52. The molecule has 0 bridgehead atoms. The SMILES string of the molecule is O=C1NC(=O)C2(CCC(C(=O)Nc3ccc(N4CCc5sccc5C4)cc3)CC2)N1. The predicted molar refractivity (Wildman–Crippen MR) is 116 cm³/mol. The minimum Gasteiger partial charge on any atom is -0.367 e. The highest BCUT2D eigenvalue weighted by Crippen LogP contribution is 2.35. The quantitative estimate of drug-likeness (QED) is 0.661. The summed E-state index contributed by atoms with van der Waals surface area (Å²) in [5, 5.41) is 10.2. The first-order valence-electron chi connectivity index (χ1n) is 10.4. The van der Waals surface area contributed by atoms with Crippen LogP contribution in [0.15, 0.2) is 35.7 Å². The summed E-state index contributed by atoms with van der Waals surface area (Å²) in [5.74, 6) is -0.447. The third kappa shape index (κ3) is 3.45. The topological polar surface area (TPSA) is 90.5 Å². The Morgan fingerprint density at radius 2 is 1.90 bits per heavy atom. The number of urea groups is 1. The summed E-state index contributed by atoms with van der Waals surface area (Å²) < 4.78 is 0. The highest BCUT2D eigenvalue weighted by Gasteiger charge is 2.48. The van der Waals surface area contributed by atoms with Crippen molar-refractivity contribution in [1.29, 1.82) is 0 Å². The third-order valence-corrected chi connectivity index (χ3v) is 7.56. The van der Waals surface area contributed by atoms with Gasteiger partial charge >= 0.3 is 6.03 Å². The average molecular weight is 425 g/mol. The number of amides is 4. The molecule has 1 aromatic heterocycles. The Hall–Kier alpha value is -2.87. The fourth-order valence-corrected chi connectivity index (χ4v) is 5.61. The van der Waals surface area contributed by atoms with E-state index in [1.807, 2.05) is 23.5 Å². The maximum atomic E-state index is 12.7. The van der Waals surface area contributed by atoms with Crippen LogP contribution in [0.3, 0.4) is 0 Å². The second-order valence-corrected chi connectivity index (χ2v) is 9.34. The molecule has 2 aliphatic heterocycles. The highest BCUT2D eigenvalue weighted by molar-refractivity contribution is 7.10. The zero-order valence-electron chi connectivity index (χ0n) is 16.6. The van der Waals surface area contributed by atoms with Crippen LogP contribution in [0.25, 0.3) is 0 Å². The lowest BCUT2D eigenvalue weighted by Crippen LogP contribution is -2.50. The lowest BCUT2D eigenvalue weighted by molar-refractivity contribution is -0.128. The second kappa shape index (κ2) is 7.43. The lowest BCUT2D eigenvalue weighted by Gasteiger charge is -2.33. The molecule has 2 aromatic rings. The Morgan fingerprint density at radius 1 is 1.13 bits per heavy atom. The highest BCUT2D eigenvalue weighted by atomic mass is 32.1. The van der Waals surface area contributed by atoms with Crippen LogP contribution in [0.1, 0.15) is 36.1 Å². The minimum absolute atomic E-state index is 0.0248. The molecule has 5 rings (SSSR count). The van der Waals surface area contributed by atoms with E-state index >= 15 is 0 Å². The van der Waals surface area contributed by atoms with Gasteiger partial charge in [0.25, 0.3) is 5.91 Å². The van der Waals surface area contributed by atoms with Gasteiger partial charge in [-0.05, 0) is 73.4 Å². The smallest absolute Gasteiger partial charge is 0.322 e. The van der Waals surface area contributed by atoms with Gasteiger partial charge < -0.3 is 15.5 Å². The molecule has 1 spiro atoms. The molecule has 8 heteroatoms. The number of thiophene rings is 1. The summed E-state index contributed by atoms with van der Waals surface area (Å²) in [6.07, 6.45) is 3.21. The first-order chi connectivity index (χ1) is 14.5. The van der Waals surface area contributed by atoms with E-state index in [2.05, 4.69) is 44.4 Å². The molecule has 30 heavy (non-hydrogen) atoms. The van der Waals surface area contributed by atoms with Crippen molar-refractivity contribution >= 4 is 40.6 Å². The zero-order chi connectivity index (χ0) is 20.7. The molecular formula is C22H24N4O3S. The Balaban J connectivity index is 1.17. The minimum atomic E-state index is -0.827. The Bertz CT molecular complexity index is 992. The van der Waals surface area contributed by atoms with Crippen molar-refractivity contribution in [1.82, 2.24) is 10.6 Å². The van der Waals surface area contributed by atoms with Crippen LogP contribution in [-0.2, 0) is 22.6 Å². The molecule has 2 fully saturated rings. The molecule has 0 radical (unpaired) electrons. The van der Waals surface area contributed by atoms with E-state index in [0.29, 0.717) is 25.7 Å². The third-order valence-electron chi connectivity index (χ3n) is 6.53. The Labute approximate surface area is 178 Å². The number of benzene rings is 1. The van der Waals surface area contributed by atoms with Crippen molar-refractivity contribution < 1.29 is 14.4 Å². The molecule has 3 heterocycles. The van der Waals surface area contributed by atoms with Crippen LogP contribution >= 0.6 is 11.3 Å². The number of anilines is 2. The molecule has 7 nitrogen and oxygen atoms in total. The van der Waals surface area contributed by atoms with Gasteiger partial charge in [0, 0.05) is 35.3 Å². The molecule has 1 saturated heterocycles. The molecule has 0 atom stereocenters. The van der Waals surface area contributed by atoms with Gasteiger partial charge in [0.05, 0.1) is 0 Å². The van der Waals surface area contributed by atoms with Gasteiger partial charge in [-0.3, -0.25) is 14.9 Å². The standard InChI is InChI=1S/C22H24N4O3S/c27-19(14-5-9-22(10-6-14)20(28)24-21(29)25-22)23-16-1-3-17(4-2-16)26-11-7-18-15(13-26)8-12-30-18/h1-4,8,12,14H,5-7,9-11,13H2,(H,23,27)(H2,24,25,28,29). The fraction of sp³-hybridized carbons (Fsp3) is 0.409. The maximum absolute atomic E-state index is 12.7. The summed E-state index contributed by atoms with van der Waals surface area (Å²) in [6, 6.07) is 9.78.